The average molecular weight is 369 g/mol. The summed E-state index contributed by atoms with van der Waals surface area (Å²) < 4.78 is 25.7. The standard InChI is InChI=1S/C10H17BrN4O4S/c1-14(2)20(18,19)6-3-12-8-7-13-15(4-5-16)10(17)9(8)11/h7,12,16H,3-6H2,1-2H3. The van der Waals surface area contributed by atoms with E-state index in [2.05, 4.69) is 26.3 Å². The first-order valence-corrected chi connectivity index (χ1v) is 8.20. The van der Waals surface area contributed by atoms with Gasteiger partial charge in [-0.1, -0.05) is 0 Å². The van der Waals surface area contributed by atoms with Crippen LogP contribution in [0.25, 0.3) is 0 Å². The molecule has 1 aromatic heterocycles. The van der Waals surface area contributed by atoms with E-state index in [0.29, 0.717) is 5.69 Å². The number of halogens is 1. The SMILES string of the molecule is CN(C)S(=O)(=O)CCNc1cnn(CCO)c(=O)c1Br. The van der Waals surface area contributed by atoms with Gasteiger partial charge in [0.05, 0.1) is 30.8 Å². The quantitative estimate of drug-likeness (QED) is 0.659. The summed E-state index contributed by atoms with van der Waals surface area (Å²) in [7, 11) is -0.367. The minimum Gasteiger partial charge on any atom is -0.394 e. The Morgan fingerprint density at radius 2 is 2.15 bits per heavy atom. The van der Waals surface area contributed by atoms with Crippen LogP contribution in [0.2, 0.25) is 0 Å². The van der Waals surface area contributed by atoms with E-state index >= 15 is 0 Å². The van der Waals surface area contributed by atoms with Gasteiger partial charge in [-0.15, -0.1) is 0 Å². The Hall–Kier alpha value is -0.970. The molecular formula is C10H17BrN4O4S. The van der Waals surface area contributed by atoms with Gasteiger partial charge in [0.1, 0.15) is 4.47 Å². The highest BCUT2D eigenvalue weighted by Crippen LogP contribution is 2.15. The monoisotopic (exact) mass is 368 g/mol. The Morgan fingerprint density at radius 3 is 2.70 bits per heavy atom. The highest BCUT2D eigenvalue weighted by Gasteiger charge is 2.14. The van der Waals surface area contributed by atoms with E-state index in [1.165, 1.54) is 20.3 Å². The minimum absolute atomic E-state index is 0.0911. The molecule has 0 radical (unpaired) electrons. The van der Waals surface area contributed by atoms with Crippen molar-refractivity contribution in [2.24, 2.45) is 0 Å². The Labute approximate surface area is 125 Å². The smallest absolute Gasteiger partial charge is 0.283 e. The molecule has 0 aliphatic rings. The van der Waals surface area contributed by atoms with Gasteiger partial charge in [0.2, 0.25) is 10.0 Å². The largest absolute Gasteiger partial charge is 0.394 e. The predicted octanol–water partition coefficient (Wildman–Crippen LogP) is -0.699. The zero-order chi connectivity index (χ0) is 15.3. The van der Waals surface area contributed by atoms with Crippen LogP contribution >= 0.6 is 15.9 Å². The zero-order valence-corrected chi connectivity index (χ0v) is 13.6. The first kappa shape index (κ1) is 17.1. The van der Waals surface area contributed by atoms with Gasteiger partial charge in [-0.25, -0.2) is 17.4 Å². The molecule has 0 amide bonds. The van der Waals surface area contributed by atoms with Crippen LogP contribution in [0.3, 0.4) is 0 Å². The molecule has 0 fully saturated rings. The summed E-state index contributed by atoms with van der Waals surface area (Å²) in [5, 5.41) is 15.5. The van der Waals surface area contributed by atoms with Gasteiger partial charge in [-0.2, -0.15) is 5.10 Å². The molecule has 0 spiro atoms. The lowest BCUT2D eigenvalue weighted by Crippen LogP contribution is -2.29. The molecule has 1 rings (SSSR count). The van der Waals surface area contributed by atoms with Crippen LogP contribution in [0.15, 0.2) is 15.5 Å². The zero-order valence-electron chi connectivity index (χ0n) is 11.2. The maximum absolute atomic E-state index is 11.8. The number of rotatable bonds is 7. The second-order valence-corrected chi connectivity index (χ2v) is 7.24. The predicted molar refractivity (Wildman–Crippen MR) is 79.2 cm³/mol. The van der Waals surface area contributed by atoms with E-state index in [-0.39, 0.29) is 35.5 Å². The van der Waals surface area contributed by atoms with Gasteiger partial charge in [-0.05, 0) is 15.9 Å². The van der Waals surface area contributed by atoms with Gasteiger partial charge >= 0.3 is 0 Å². The fourth-order valence-electron chi connectivity index (χ4n) is 1.34. The Kier molecular flexibility index (Phi) is 6.11. The molecule has 10 heteroatoms. The highest BCUT2D eigenvalue weighted by molar-refractivity contribution is 9.10. The van der Waals surface area contributed by atoms with Crippen LogP contribution in [-0.2, 0) is 16.6 Å². The normalized spacial score (nSPS) is 11.8. The van der Waals surface area contributed by atoms with Gasteiger partial charge in [0.15, 0.2) is 0 Å². The lowest BCUT2D eigenvalue weighted by Gasteiger charge is -2.13. The number of hydrogen-bond acceptors (Lipinski definition) is 6. The number of nitrogens with zero attached hydrogens (tertiary/aromatic N) is 3. The maximum Gasteiger partial charge on any atom is 0.283 e. The van der Waals surface area contributed by atoms with E-state index in [1.54, 1.807) is 0 Å². The van der Waals surface area contributed by atoms with Crippen molar-refractivity contribution in [2.75, 3.05) is 38.3 Å². The lowest BCUT2D eigenvalue weighted by atomic mass is 10.4. The molecule has 1 heterocycles. The van der Waals surface area contributed by atoms with Crippen molar-refractivity contribution >= 4 is 31.6 Å². The summed E-state index contributed by atoms with van der Waals surface area (Å²) in [6.45, 7) is 0.0736. The van der Waals surface area contributed by atoms with Crippen molar-refractivity contribution < 1.29 is 13.5 Å². The van der Waals surface area contributed by atoms with E-state index < -0.39 is 10.0 Å². The topological polar surface area (TPSA) is 105 Å². The number of nitrogens with one attached hydrogen (secondary N) is 1. The molecule has 0 unspecified atom stereocenters. The third kappa shape index (κ3) is 4.27. The fourth-order valence-corrected chi connectivity index (χ4v) is 2.51. The van der Waals surface area contributed by atoms with Crippen LogP contribution in [0.5, 0.6) is 0 Å². The number of anilines is 1. The van der Waals surface area contributed by atoms with E-state index in [0.717, 1.165) is 8.99 Å². The van der Waals surface area contributed by atoms with Crippen LogP contribution in [0.1, 0.15) is 0 Å². The van der Waals surface area contributed by atoms with Gasteiger partial charge in [-0.3, -0.25) is 4.79 Å². The van der Waals surface area contributed by atoms with Gasteiger partial charge < -0.3 is 10.4 Å². The molecule has 0 aliphatic heterocycles. The molecule has 8 nitrogen and oxygen atoms in total. The molecule has 0 bridgehead atoms. The first-order chi connectivity index (χ1) is 9.29. The molecule has 2 N–H and O–H groups in total. The number of sulfonamides is 1. The van der Waals surface area contributed by atoms with Gasteiger partial charge in [0.25, 0.3) is 5.56 Å². The van der Waals surface area contributed by atoms with Gasteiger partial charge in [0, 0.05) is 20.6 Å². The molecule has 0 aliphatic carbocycles. The number of aliphatic hydroxyl groups is 1. The van der Waals surface area contributed by atoms with Crippen molar-refractivity contribution in [3.8, 4) is 0 Å². The minimum atomic E-state index is -3.29. The van der Waals surface area contributed by atoms with Crippen molar-refractivity contribution in [1.29, 1.82) is 0 Å². The van der Waals surface area contributed by atoms with E-state index in [1.807, 2.05) is 0 Å². The van der Waals surface area contributed by atoms with Crippen LogP contribution < -0.4 is 10.9 Å². The van der Waals surface area contributed by atoms with Crippen LogP contribution in [0, 0.1) is 0 Å². The third-order valence-electron chi connectivity index (χ3n) is 2.53. The molecule has 0 saturated carbocycles. The lowest BCUT2D eigenvalue weighted by molar-refractivity contribution is 0.266. The number of hydrogen-bond donors (Lipinski definition) is 2. The fraction of sp³-hybridized carbons (Fsp3) is 0.600. The molecular weight excluding hydrogens is 352 g/mol. The second-order valence-electron chi connectivity index (χ2n) is 4.15. The summed E-state index contributed by atoms with van der Waals surface area (Å²) in [6.07, 6.45) is 1.41. The van der Waals surface area contributed by atoms with Crippen molar-refractivity contribution in [1.82, 2.24) is 14.1 Å². The van der Waals surface area contributed by atoms with Crippen molar-refractivity contribution in [2.45, 2.75) is 6.54 Å². The Balaban J connectivity index is 2.76. The molecule has 0 aromatic carbocycles. The summed E-state index contributed by atoms with van der Waals surface area (Å²) in [4.78, 5) is 11.8. The molecule has 1 aromatic rings. The summed E-state index contributed by atoms with van der Waals surface area (Å²) >= 11 is 3.13. The third-order valence-corrected chi connectivity index (χ3v) is 5.13. The maximum atomic E-state index is 11.8. The molecule has 20 heavy (non-hydrogen) atoms. The Morgan fingerprint density at radius 1 is 1.50 bits per heavy atom. The highest BCUT2D eigenvalue weighted by atomic mass is 79.9. The van der Waals surface area contributed by atoms with Crippen molar-refractivity contribution in [3.05, 3.63) is 21.0 Å². The van der Waals surface area contributed by atoms with E-state index in [4.69, 9.17) is 5.11 Å². The summed E-state index contributed by atoms with van der Waals surface area (Å²) in [5.41, 5.74) is 0.0256. The first-order valence-electron chi connectivity index (χ1n) is 5.80. The van der Waals surface area contributed by atoms with E-state index in [9.17, 15) is 13.2 Å². The van der Waals surface area contributed by atoms with Crippen molar-refractivity contribution in [3.63, 3.8) is 0 Å². The average Bonchev–Trinajstić information content (AvgIpc) is 2.37. The Bertz CT molecular complexity index is 614. The second kappa shape index (κ2) is 7.16. The number of aromatic nitrogens is 2. The number of aliphatic hydroxyl groups excluding tert-OH is 1. The molecule has 114 valence electrons. The molecule has 0 saturated heterocycles. The summed E-state index contributed by atoms with van der Waals surface area (Å²) in [5.74, 6) is -0.0911. The van der Waals surface area contributed by atoms with Crippen LogP contribution in [0.4, 0.5) is 5.69 Å². The molecule has 0 atom stereocenters. The van der Waals surface area contributed by atoms with Crippen LogP contribution in [-0.4, -0.2) is 60.6 Å². The summed E-state index contributed by atoms with van der Waals surface area (Å²) in [6, 6.07) is 0.